The summed E-state index contributed by atoms with van der Waals surface area (Å²) in [5, 5.41) is 8.48. The molecule has 3 rings (SSSR count). The Balaban J connectivity index is 1.47. The van der Waals surface area contributed by atoms with Crippen LogP contribution in [-0.4, -0.2) is 53.0 Å². The maximum Gasteiger partial charge on any atom is 0.243 e. The average molecular weight is 424 g/mol. The van der Waals surface area contributed by atoms with Gasteiger partial charge in [-0.25, -0.2) is 5.48 Å². The molecular weight excluding hydrogens is 390 g/mol. The van der Waals surface area contributed by atoms with E-state index in [0.717, 1.165) is 51.9 Å². The molecule has 1 aliphatic rings. The molecule has 1 aliphatic heterocycles. The van der Waals surface area contributed by atoms with Crippen LogP contribution in [0, 0.1) is 0 Å². The fourth-order valence-electron chi connectivity index (χ4n) is 4.24. The summed E-state index contributed by atoms with van der Waals surface area (Å²) in [6.07, 6.45) is 4.29. The molecule has 2 amide bonds. The minimum atomic E-state index is -0.349. The second-order valence-electron chi connectivity index (χ2n) is 8.09. The molecule has 6 heteroatoms. The zero-order valence-corrected chi connectivity index (χ0v) is 18.1. The highest BCUT2D eigenvalue weighted by Gasteiger charge is 2.27. The van der Waals surface area contributed by atoms with Gasteiger partial charge in [-0.15, -0.1) is 0 Å². The van der Waals surface area contributed by atoms with Gasteiger partial charge in [-0.05, 0) is 24.0 Å². The van der Waals surface area contributed by atoms with Gasteiger partial charge in [0.1, 0.15) is 0 Å². The lowest BCUT2D eigenvalue weighted by Crippen LogP contribution is -2.49. The first-order chi connectivity index (χ1) is 15.2. The largest absolute Gasteiger partial charge is 0.340 e. The van der Waals surface area contributed by atoms with Crippen LogP contribution in [0.4, 0.5) is 0 Å². The molecule has 0 aromatic heterocycles. The summed E-state index contributed by atoms with van der Waals surface area (Å²) in [5.41, 5.74) is 4.21. The van der Waals surface area contributed by atoms with E-state index in [1.165, 1.54) is 11.1 Å². The van der Waals surface area contributed by atoms with Gasteiger partial charge in [0.25, 0.3) is 0 Å². The molecule has 2 N–H and O–H groups in total. The van der Waals surface area contributed by atoms with Crippen molar-refractivity contribution in [3.63, 3.8) is 0 Å². The maximum absolute atomic E-state index is 12.6. The number of nitrogens with zero attached hydrogens (tertiary/aromatic N) is 2. The minimum Gasteiger partial charge on any atom is -0.340 e. The summed E-state index contributed by atoms with van der Waals surface area (Å²) in [6.45, 7) is 3.23. The standard InChI is InChI=1S/C25H33N3O3/c29-23(26-31)15-9-1-2-10-16-24(30)27-17-19-28(20-18-27)25(21-11-5-3-6-12-21)22-13-7-4-8-14-22/h3-8,11-14,25,31H,1-2,9-10,15-20H2,(H,26,29). The Labute approximate surface area is 184 Å². The maximum atomic E-state index is 12.6. The van der Waals surface area contributed by atoms with Crippen LogP contribution in [0.15, 0.2) is 60.7 Å². The zero-order valence-electron chi connectivity index (χ0n) is 18.1. The highest BCUT2D eigenvalue weighted by molar-refractivity contribution is 5.76. The van der Waals surface area contributed by atoms with Crippen LogP contribution in [0.2, 0.25) is 0 Å². The molecule has 1 heterocycles. The number of amides is 2. The molecule has 6 nitrogen and oxygen atoms in total. The van der Waals surface area contributed by atoms with E-state index in [0.29, 0.717) is 12.8 Å². The monoisotopic (exact) mass is 423 g/mol. The smallest absolute Gasteiger partial charge is 0.243 e. The first-order valence-electron chi connectivity index (χ1n) is 11.2. The number of carbonyl (C=O) groups excluding carboxylic acids is 2. The zero-order chi connectivity index (χ0) is 21.9. The Hall–Kier alpha value is -2.70. The molecule has 1 saturated heterocycles. The Kier molecular flexibility index (Phi) is 9.06. The molecule has 0 bridgehead atoms. The SMILES string of the molecule is O=C(CCCCCCC(=O)N1CCN(C(c2ccccc2)c2ccccc2)CC1)NO. The van der Waals surface area contributed by atoms with E-state index >= 15 is 0 Å². The molecular formula is C25H33N3O3. The molecule has 0 spiro atoms. The van der Waals surface area contributed by atoms with Crippen molar-refractivity contribution in [3.05, 3.63) is 71.8 Å². The second-order valence-corrected chi connectivity index (χ2v) is 8.09. The molecule has 0 radical (unpaired) electrons. The normalized spacial score (nSPS) is 14.6. The Morgan fingerprint density at radius 3 is 1.81 bits per heavy atom. The Morgan fingerprint density at radius 2 is 1.29 bits per heavy atom. The molecule has 0 saturated carbocycles. The van der Waals surface area contributed by atoms with Gasteiger partial charge in [-0.2, -0.15) is 0 Å². The first kappa shape index (κ1) is 23.0. The minimum absolute atomic E-state index is 0.204. The summed E-state index contributed by atoms with van der Waals surface area (Å²) in [7, 11) is 0. The topological polar surface area (TPSA) is 72.9 Å². The van der Waals surface area contributed by atoms with Crippen LogP contribution in [0.3, 0.4) is 0 Å². The van der Waals surface area contributed by atoms with E-state index in [4.69, 9.17) is 5.21 Å². The summed E-state index contributed by atoms with van der Waals surface area (Å²) >= 11 is 0. The number of nitrogens with one attached hydrogen (secondary N) is 1. The number of rotatable bonds is 10. The van der Waals surface area contributed by atoms with Gasteiger partial charge in [0, 0.05) is 39.0 Å². The first-order valence-corrected chi connectivity index (χ1v) is 11.2. The lowest BCUT2D eigenvalue weighted by molar-refractivity contribution is -0.133. The molecule has 0 unspecified atom stereocenters. The van der Waals surface area contributed by atoms with E-state index < -0.39 is 0 Å². The third kappa shape index (κ3) is 6.91. The number of benzene rings is 2. The van der Waals surface area contributed by atoms with Crippen molar-refractivity contribution in [3.8, 4) is 0 Å². The Bertz CT molecular complexity index is 766. The summed E-state index contributed by atoms with van der Waals surface area (Å²) in [6, 6.07) is 21.4. The number of hydrogen-bond donors (Lipinski definition) is 2. The van der Waals surface area contributed by atoms with Gasteiger partial charge in [0.05, 0.1) is 6.04 Å². The van der Waals surface area contributed by atoms with Crippen molar-refractivity contribution in [1.29, 1.82) is 0 Å². The fraction of sp³-hybridized carbons (Fsp3) is 0.440. The molecule has 1 fully saturated rings. The Morgan fingerprint density at radius 1 is 0.774 bits per heavy atom. The van der Waals surface area contributed by atoms with Gasteiger partial charge in [-0.1, -0.05) is 73.5 Å². The van der Waals surface area contributed by atoms with Crippen LogP contribution in [0.25, 0.3) is 0 Å². The van der Waals surface area contributed by atoms with Gasteiger partial charge >= 0.3 is 0 Å². The lowest BCUT2D eigenvalue weighted by Gasteiger charge is -2.40. The number of unbranched alkanes of at least 4 members (excludes halogenated alkanes) is 3. The van der Waals surface area contributed by atoms with Crippen LogP contribution < -0.4 is 5.48 Å². The molecule has 0 aliphatic carbocycles. The quantitative estimate of drug-likeness (QED) is 0.347. The highest BCUT2D eigenvalue weighted by Crippen LogP contribution is 2.29. The molecule has 2 aromatic carbocycles. The summed E-state index contributed by atoms with van der Waals surface area (Å²) in [4.78, 5) is 28.1. The number of carbonyl (C=O) groups is 2. The number of hydroxylamine groups is 1. The van der Waals surface area contributed by atoms with Crippen LogP contribution in [0.5, 0.6) is 0 Å². The third-order valence-electron chi connectivity index (χ3n) is 5.93. The van der Waals surface area contributed by atoms with Gasteiger partial charge in [0.2, 0.25) is 11.8 Å². The van der Waals surface area contributed by atoms with E-state index in [1.807, 2.05) is 17.0 Å². The molecule has 0 atom stereocenters. The molecule has 31 heavy (non-hydrogen) atoms. The van der Waals surface area contributed by atoms with E-state index in [9.17, 15) is 9.59 Å². The van der Waals surface area contributed by atoms with Gasteiger partial charge in [-0.3, -0.25) is 19.7 Å². The van der Waals surface area contributed by atoms with Crippen molar-refractivity contribution in [2.75, 3.05) is 26.2 Å². The van der Waals surface area contributed by atoms with Crippen molar-refractivity contribution in [2.24, 2.45) is 0 Å². The fourth-order valence-corrected chi connectivity index (χ4v) is 4.24. The van der Waals surface area contributed by atoms with E-state index in [-0.39, 0.29) is 17.9 Å². The lowest BCUT2D eigenvalue weighted by atomic mass is 9.96. The van der Waals surface area contributed by atoms with Crippen molar-refractivity contribution in [1.82, 2.24) is 15.3 Å². The predicted octanol–water partition coefficient (Wildman–Crippen LogP) is 3.77. The van der Waals surface area contributed by atoms with Gasteiger partial charge in [0.15, 0.2) is 0 Å². The second kappa shape index (κ2) is 12.2. The van der Waals surface area contributed by atoms with Crippen molar-refractivity contribution < 1.29 is 14.8 Å². The highest BCUT2D eigenvalue weighted by atomic mass is 16.5. The molecule has 2 aromatic rings. The van der Waals surface area contributed by atoms with Gasteiger partial charge < -0.3 is 4.90 Å². The number of hydrogen-bond acceptors (Lipinski definition) is 4. The summed E-state index contributed by atoms with van der Waals surface area (Å²) < 4.78 is 0. The summed E-state index contributed by atoms with van der Waals surface area (Å²) in [5.74, 6) is -0.123. The van der Waals surface area contributed by atoms with Crippen LogP contribution >= 0.6 is 0 Å². The van der Waals surface area contributed by atoms with E-state index in [2.05, 4.69) is 53.4 Å². The third-order valence-corrected chi connectivity index (χ3v) is 5.93. The van der Waals surface area contributed by atoms with E-state index in [1.54, 1.807) is 5.48 Å². The van der Waals surface area contributed by atoms with Crippen LogP contribution in [0.1, 0.15) is 55.7 Å². The number of piperazine rings is 1. The van der Waals surface area contributed by atoms with Crippen LogP contribution in [-0.2, 0) is 9.59 Å². The predicted molar refractivity (Wildman–Crippen MR) is 121 cm³/mol. The average Bonchev–Trinajstić information content (AvgIpc) is 2.83. The van der Waals surface area contributed by atoms with Crippen molar-refractivity contribution >= 4 is 11.8 Å². The molecule has 166 valence electrons. The van der Waals surface area contributed by atoms with Crippen molar-refractivity contribution in [2.45, 2.75) is 44.6 Å².